The zero-order valence-corrected chi connectivity index (χ0v) is 9.44. The summed E-state index contributed by atoms with van der Waals surface area (Å²) in [6.45, 7) is 1.52. The molecule has 0 spiro atoms. The fraction of sp³-hybridized carbons (Fsp3) is 0.889. The molecule has 1 rings (SSSR count). The Kier molecular flexibility index (Phi) is 5.09. The standard InChI is InChI=1S/C9H18N2O6/c1-2-16-8-5(11-9(10)15)7(14)6(13)4(3-12)17-8/h4-8,12-14H,2-3H2,1H3,(H3,10,11,15)/t4-,5-,6+,7-,8?/m1/s1. The third-order valence-electron chi connectivity index (χ3n) is 2.52. The zero-order valence-electron chi connectivity index (χ0n) is 9.44. The van der Waals surface area contributed by atoms with Gasteiger partial charge in [-0.15, -0.1) is 0 Å². The number of aliphatic hydroxyl groups excluding tert-OH is 3. The average molecular weight is 250 g/mol. The highest BCUT2D eigenvalue weighted by Gasteiger charge is 2.45. The Labute approximate surface area is 98.3 Å². The number of hydrogen-bond acceptors (Lipinski definition) is 6. The number of aliphatic hydroxyl groups is 3. The molecule has 0 radical (unpaired) electrons. The molecule has 5 atom stereocenters. The lowest BCUT2D eigenvalue weighted by molar-refractivity contribution is -0.267. The highest BCUT2D eigenvalue weighted by atomic mass is 16.7. The van der Waals surface area contributed by atoms with E-state index in [0.717, 1.165) is 0 Å². The predicted molar refractivity (Wildman–Crippen MR) is 55.9 cm³/mol. The largest absolute Gasteiger partial charge is 0.394 e. The molecule has 0 saturated carbocycles. The van der Waals surface area contributed by atoms with Crippen LogP contribution in [0.15, 0.2) is 0 Å². The van der Waals surface area contributed by atoms with Gasteiger partial charge in [-0.05, 0) is 6.92 Å². The first kappa shape index (κ1) is 14.1. The van der Waals surface area contributed by atoms with Crippen molar-refractivity contribution >= 4 is 6.03 Å². The van der Waals surface area contributed by atoms with Crippen molar-refractivity contribution in [2.45, 2.75) is 37.6 Å². The summed E-state index contributed by atoms with van der Waals surface area (Å²) in [6, 6.07) is -1.85. The average Bonchev–Trinajstić information content (AvgIpc) is 2.28. The molecule has 1 aliphatic rings. The normalized spacial score (nSPS) is 37.8. The summed E-state index contributed by atoms with van der Waals surface area (Å²) < 4.78 is 10.4. The zero-order chi connectivity index (χ0) is 13.0. The van der Waals surface area contributed by atoms with Crippen LogP contribution < -0.4 is 11.1 Å². The lowest BCUT2D eigenvalue weighted by atomic mass is 9.97. The van der Waals surface area contributed by atoms with Gasteiger partial charge in [0.15, 0.2) is 6.29 Å². The number of amides is 2. The number of carbonyl (C=O) groups is 1. The van der Waals surface area contributed by atoms with Crippen LogP contribution in [-0.4, -0.2) is 65.2 Å². The molecule has 1 unspecified atom stereocenters. The first-order valence-electron chi connectivity index (χ1n) is 5.31. The van der Waals surface area contributed by atoms with Crippen molar-refractivity contribution < 1.29 is 29.6 Å². The summed E-state index contributed by atoms with van der Waals surface area (Å²) in [5.74, 6) is 0. The highest BCUT2D eigenvalue weighted by Crippen LogP contribution is 2.21. The van der Waals surface area contributed by atoms with E-state index in [2.05, 4.69) is 5.32 Å². The van der Waals surface area contributed by atoms with Crippen LogP contribution in [0.25, 0.3) is 0 Å². The Morgan fingerprint density at radius 1 is 1.47 bits per heavy atom. The van der Waals surface area contributed by atoms with E-state index in [1.807, 2.05) is 0 Å². The fourth-order valence-electron chi connectivity index (χ4n) is 1.71. The topological polar surface area (TPSA) is 134 Å². The summed E-state index contributed by atoms with van der Waals surface area (Å²) in [6.07, 6.45) is -4.59. The first-order valence-corrected chi connectivity index (χ1v) is 5.31. The van der Waals surface area contributed by atoms with E-state index >= 15 is 0 Å². The Hall–Kier alpha value is -0.930. The summed E-state index contributed by atoms with van der Waals surface area (Å²) >= 11 is 0. The van der Waals surface area contributed by atoms with Gasteiger partial charge >= 0.3 is 6.03 Å². The molecule has 0 aromatic rings. The van der Waals surface area contributed by atoms with E-state index in [9.17, 15) is 15.0 Å². The van der Waals surface area contributed by atoms with Gasteiger partial charge in [0.05, 0.1) is 6.61 Å². The van der Waals surface area contributed by atoms with Gasteiger partial charge in [0.2, 0.25) is 0 Å². The number of urea groups is 1. The van der Waals surface area contributed by atoms with Crippen LogP contribution in [0, 0.1) is 0 Å². The molecular weight excluding hydrogens is 232 g/mol. The van der Waals surface area contributed by atoms with Gasteiger partial charge in [-0.2, -0.15) is 0 Å². The van der Waals surface area contributed by atoms with E-state index in [1.54, 1.807) is 6.92 Å². The predicted octanol–water partition coefficient (Wildman–Crippen LogP) is -2.50. The Bertz CT molecular complexity index is 264. The third kappa shape index (κ3) is 3.27. The monoisotopic (exact) mass is 250 g/mol. The summed E-state index contributed by atoms with van der Waals surface area (Å²) in [5.41, 5.74) is 4.95. The van der Waals surface area contributed by atoms with Gasteiger partial charge in [-0.3, -0.25) is 0 Å². The quantitative estimate of drug-likeness (QED) is 0.374. The van der Waals surface area contributed by atoms with Crippen molar-refractivity contribution in [1.29, 1.82) is 0 Å². The Balaban J connectivity index is 2.78. The molecular formula is C9H18N2O6. The minimum absolute atomic E-state index is 0.280. The van der Waals surface area contributed by atoms with E-state index in [4.69, 9.17) is 20.3 Å². The summed E-state index contributed by atoms with van der Waals surface area (Å²) in [7, 11) is 0. The van der Waals surface area contributed by atoms with Gasteiger partial charge in [0.25, 0.3) is 0 Å². The van der Waals surface area contributed by atoms with Crippen molar-refractivity contribution in [3.05, 3.63) is 0 Å². The molecule has 100 valence electrons. The van der Waals surface area contributed by atoms with Crippen LogP contribution in [0.2, 0.25) is 0 Å². The second-order valence-electron chi connectivity index (χ2n) is 3.70. The first-order chi connectivity index (χ1) is 8.01. The molecule has 6 N–H and O–H groups in total. The fourth-order valence-corrected chi connectivity index (χ4v) is 1.71. The van der Waals surface area contributed by atoms with Crippen molar-refractivity contribution in [3.63, 3.8) is 0 Å². The number of ether oxygens (including phenoxy) is 2. The van der Waals surface area contributed by atoms with Crippen molar-refractivity contribution in [3.8, 4) is 0 Å². The van der Waals surface area contributed by atoms with Crippen molar-refractivity contribution in [1.82, 2.24) is 5.32 Å². The van der Waals surface area contributed by atoms with Crippen molar-refractivity contribution in [2.24, 2.45) is 5.73 Å². The lowest BCUT2D eigenvalue weighted by Crippen LogP contribution is -2.65. The van der Waals surface area contributed by atoms with Crippen LogP contribution in [0.4, 0.5) is 4.79 Å². The van der Waals surface area contributed by atoms with Gasteiger partial charge in [0.1, 0.15) is 24.4 Å². The van der Waals surface area contributed by atoms with E-state index < -0.39 is 43.3 Å². The molecule has 0 bridgehead atoms. The molecule has 2 amide bonds. The van der Waals surface area contributed by atoms with Crippen LogP contribution in [-0.2, 0) is 9.47 Å². The van der Waals surface area contributed by atoms with Crippen LogP contribution in [0.5, 0.6) is 0 Å². The molecule has 0 aromatic carbocycles. The van der Waals surface area contributed by atoms with Gasteiger partial charge in [0, 0.05) is 6.61 Å². The van der Waals surface area contributed by atoms with Crippen LogP contribution in [0.3, 0.4) is 0 Å². The molecule has 0 aromatic heterocycles. The van der Waals surface area contributed by atoms with E-state index in [-0.39, 0.29) is 6.61 Å². The second-order valence-corrected chi connectivity index (χ2v) is 3.70. The number of hydrogen-bond donors (Lipinski definition) is 5. The second kappa shape index (κ2) is 6.12. The number of primary amides is 1. The number of nitrogens with one attached hydrogen (secondary N) is 1. The molecule has 1 fully saturated rings. The Morgan fingerprint density at radius 2 is 2.12 bits per heavy atom. The Morgan fingerprint density at radius 3 is 2.59 bits per heavy atom. The third-order valence-corrected chi connectivity index (χ3v) is 2.52. The maximum atomic E-state index is 10.8. The lowest BCUT2D eigenvalue weighted by Gasteiger charge is -2.41. The maximum absolute atomic E-state index is 10.8. The number of rotatable bonds is 4. The molecule has 8 nitrogen and oxygen atoms in total. The highest BCUT2D eigenvalue weighted by molar-refractivity contribution is 5.72. The summed E-state index contributed by atoms with van der Waals surface area (Å²) in [5, 5.41) is 30.6. The van der Waals surface area contributed by atoms with Crippen molar-refractivity contribution in [2.75, 3.05) is 13.2 Å². The number of carbonyl (C=O) groups excluding carboxylic acids is 1. The smallest absolute Gasteiger partial charge is 0.312 e. The van der Waals surface area contributed by atoms with Gasteiger partial charge < -0.3 is 35.8 Å². The molecule has 1 aliphatic heterocycles. The molecule has 1 heterocycles. The van der Waals surface area contributed by atoms with Gasteiger partial charge in [-0.25, -0.2) is 4.79 Å². The molecule has 0 aliphatic carbocycles. The summed E-state index contributed by atoms with van der Waals surface area (Å²) in [4.78, 5) is 10.8. The van der Waals surface area contributed by atoms with E-state index in [1.165, 1.54) is 0 Å². The SMILES string of the molecule is CCOC1O[C@H](CO)[C@H](O)[C@H](O)[C@H]1NC(N)=O. The molecule has 17 heavy (non-hydrogen) atoms. The van der Waals surface area contributed by atoms with Crippen LogP contribution in [0.1, 0.15) is 6.92 Å². The maximum Gasteiger partial charge on any atom is 0.312 e. The number of nitrogens with two attached hydrogens (primary N) is 1. The minimum atomic E-state index is -1.33. The van der Waals surface area contributed by atoms with Crippen LogP contribution >= 0.6 is 0 Å². The van der Waals surface area contributed by atoms with E-state index in [0.29, 0.717) is 0 Å². The minimum Gasteiger partial charge on any atom is -0.394 e. The molecule has 1 saturated heterocycles. The molecule has 8 heteroatoms. The van der Waals surface area contributed by atoms with Gasteiger partial charge in [-0.1, -0.05) is 0 Å².